The van der Waals surface area contributed by atoms with Crippen molar-refractivity contribution in [3.05, 3.63) is 76.9 Å². The molecule has 2 aliphatic heterocycles. The van der Waals surface area contributed by atoms with Crippen molar-refractivity contribution in [2.45, 2.75) is 56.5 Å². The zero-order chi connectivity index (χ0) is 38.2. The number of hydrogen-bond acceptors (Lipinski definition) is 9. The molecule has 1 saturated heterocycles. The normalized spacial score (nSPS) is 19.9. The van der Waals surface area contributed by atoms with Gasteiger partial charge in [-0.1, -0.05) is 6.92 Å². The number of methoxy groups -OCH3 is 1. The lowest BCUT2D eigenvalue weighted by molar-refractivity contribution is -0.150. The van der Waals surface area contributed by atoms with E-state index in [9.17, 15) is 45.8 Å². The molecule has 0 radical (unpaired) electrons. The Morgan fingerprint density at radius 1 is 0.981 bits per heavy atom. The van der Waals surface area contributed by atoms with Crippen LogP contribution in [0.15, 0.2) is 48.8 Å². The summed E-state index contributed by atoms with van der Waals surface area (Å²) in [6.45, 7) is 3.60. The fourth-order valence-corrected chi connectivity index (χ4v) is 6.72. The van der Waals surface area contributed by atoms with E-state index in [0.29, 0.717) is 30.9 Å². The number of fused-ring (bicyclic) bond motifs is 1. The number of carbonyl (C=O) groups excluding carboxylic acids is 2. The summed E-state index contributed by atoms with van der Waals surface area (Å²) in [5, 5.41) is 10.2. The molecule has 280 valence electrons. The van der Waals surface area contributed by atoms with Crippen LogP contribution in [-0.2, 0) is 26.7 Å². The number of rotatable bonds is 8. The van der Waals surface area contributed by atoms with Crippen LogP contribution in [0.4, 0.5) is 42.5 Å². The number of esters is 1. The Morgan fingerprint density at radius 3 is 2.08 bits per heavy atom. The van der Waals surface area contributed by atoms with Crippen molar-refractivity contribution in [1.82, 2.24) is 14.9 Å². The Morgan fingerprint density at radius 2 is 1.58 bits per heavy atom. The highest BCUT2D eigenvalue weighted by Crippen LogP contribution is 2.52. The van der Waals surface area contributed by atoms with Crippen LogP contribution in [-0.4, -0.2) is 83.5 Å². The summed E-state index contributed by atoms with van der Waals surface area (Å²) in [6.07, 6.45) is -9.12. The molecule has 0 aliphatic carbocycles. The van der Waals surface area contributed by atoms with Crippen LogP contribution in [0.3, 0.4) is 0 Å². The molecule has 2 aliphatic rings. The summed E-state index contributed by atoms with van der Waals surface area (Å²) in [5.74, 6) is -3.26. The zero-order valence-electron chi connectivity index (χ0n) is 28.3. The standard InChI is InChI=1S/C34H36F6N6O6/c1-4-32(41)15-26(25-14-24(51-3)5-6-27(25)46(32)31(49)50)29(20-11-21(33(35,36)37)13-22(12-20)34(38,39)40)30-42-16-23(17-43-30)44-7-9-45(10-8-44)28(48)18-52-19(2)47/h5-6,11-14,16-17,26,29H,4,7-10,15,18,41H2,1-3H3,(H,49,50)/t26-,29?,32-/m1/s1. The lowest BCUT2D eigenvalue weighted by atomic mass is 9.71. The monoisotopic (exact) mass is 738 g/mol. The fraction of sp³-hybridized carbons (Fsp3) is 0.441. The van der Waals surface area contributed by atoms with E-state index in [-0.39, 0.29) is 60.7 Å². The van der Waals surface area contributed by atoms with E-state index in [4.69, 9.17) is 15.2 Å². The molecular weight excluding hydrogens is 702 g/mol. The molecule has 1 fully saturated rings. The molecule has 2 amide bonds. The number of nitrogens with zero attached hydrogens (tertiary/aromatic N) is 5. The van der Waals surface area contributed by atoms with E-state index in [1.54, 1.807) is 6.92 Å². The van der Waals surface area contributed by atoms with Gasteiger partial charge in [0.1, 0.15) is 11.6 Å². The summed E-state index contributed by atoms with van der Waals surface area (Å²) in [4.78, 5) is 49.3. The van der Waals surface area contributed by atoms with Gasteiger partial charge in [0, 0.05) is 39.0 Å². The van der Waals surface area contributed by atoms with Gasteiger partial charge >= 0.3 is 24.4 Å². The Bertz CT molecular complexity index is 1780. The number of carbonyl (C=O) groups is 3. The third-order valence-electron chi connectivity index (χ3n) is 9.40. The number of benzene rings is 2. The molecule has 0 bridgehead atoms. The third-order valence-corrected chi connectivity index (χ3v) is 9.40. The molecular formula is C34H36F6N6O6. The van der Waals surface area contributed by atoms with E-state index in [2.05, 4.69) is 9.97 Å². The SMILES string of the molecule is CC[C@]1(N)C[C@@H](C(c2cc(C(F)(F)F)cc(C(F)(F)F)c2)c2ncc(N3CCN(C(=O)COC(C)=O)CC3)cn2)c2cc(OC)ccc2N1C(=O)O. The molecule has 1 aromatic heterocycles. The minimum absolute atomic E-state index is 0.0322. The van der Waals surface area contributed by atoms with Crippen molar-refractivity contribution >= 4 is 29.3 Å². The topological polar surface area (TPSA) is 151 Å². The van der Waals surface area contributed by atoms with Gasteiger partial charge in [0.25, 0.3) is 5.91 Å². The second kappa shape index (κ2) is 14.5. The lowest BCUT2D eigenvalue weighted by Gasteiger charge is -2.48. The molecule has 3 N–H and O–H groups in total. The van der Waals surface area contributed by atoms with Crippen LogP contribution in [0.1, 0.15) is 66.6 Å². The number of carboxylic acid groups (broad SMARTS) is 1. The fourth-order valence-electron chi connectivity index (χ4n) is 6.72. The van der Waals surface area contributed by atoms with Crippen LogP contribution in [0.5, 0.6) is 5.75 Å². The first-order chi connectivity index (χ1) is 24.4. The molecule has 3 heterocycles. The van der Waals surface area contributed by atoms with E-state index >= 15 is 0 Å². The number of anilines is 2. The Hall–Kier alpha value is -5.13. The third kappa shape index (κ3) is 7.85. The summed E-state index contributed by atoms with van der Waals surface area (Å²) in [7, 11) is 1.35. The number of amides is 2. The molecule has 3 aromatic rings. The van der Waals surface area contributed by atoms with Crippen LogP contribution in [0.2, 0.25) is 0 Å². The van der Waals surface area contributed by atoms with Gasteiger partial charge in [0.15, 0.2) is 6.61 Å². The lowest BCUT2D eigenvalue weighted by Crippen LogP contribution is -2.61. The van der Waals surface area contributed by atoms with Gasteiger partial charge in [-0.2, -0.15) is 26.3 Å². The van der Waals surface area contributed by atoms with Crippen molar-refractivity contribution in [1.29, 1.82) is 0 Å². The van der Waals surface area contributed by atoms with Gasteiger partial charge in [0.05, 0.1) is 53.6 Å². The number of aromatic nitrogens is 2. The number of ether oxygens (including phenoxy) is 2. The highest BCUT2D eigenvalue weighted by Gasteiger charge is 2.48. The molecule has 3 atom stereocenters. The molecule has 12 nitrogen and oxygen atoms in total. The highest BCUT2D eigenvalue weighted by atomic mass is 19.4. The quantitative estimate of drug-likeness (QED) is 0.221. The second-order valence-corrected chi connectivity index (χ2v) is 12.6. The summed E-state index contributed by atoms with van der Waals surface area (Å²) < 4.78 is 95.1. The second-order valence-electron chi connectivity index (χ2n) is 12.6. The van der Waals surface area contributed by atoms with E-state index < -0.39 is 65.2 Å². The number of alkyl halides is 6. The molecule has 0 spiro atoms. The Labute approximate surface area is 294 Å². The maximum atomic E-state index is 14.2. The predicted molar refractivity (Wildman–Crippen MR) is 174 cm³/mol. The first-order valence-corrected chi connectivity index (χ1v) is 16.1. The van der Waals surface area contributed by atoms with Gasteiger partial charge in [0.2, 0.25) is 0 Å². The van der Waals surface area contributed by atoms with Gasteiger partial charge in [-0.25, -0.2) is 14.8 Å². The number of hydrogen-bond donors (Lipinski definition) is 2. The number of halogens is 6. The maximum absolute atomic E-state index is 14.2. The maximum Gasteiger partial charge on any atom is 0.416 e. The largest absolute Gasteiger partial charge is 0.497 e. The molecule has 52 heavy (non-hydrogen) atoms. The van der Waals surface area contributed by atoms with Crippen LogP contribution in [0.25, 0.3) is 0 Å². The van der Waals surface area contributed by atoms with Crippen molar-refractivity contribution < 1.29 is 55.3 Å². The van der Waals surface area contributed by atoms with Crippen molar-refractivity contribution in [2.75, 3.05) is 49.7 Å². The highest BCUT2D eigenvalue weighted by molar-refractivity contribution is 5.90. The van der Waals surface area contributed by atoms with Crippen LogP contribution >= 0.6 is 0 Å². The minimum atomic E-state index is -5.15. The van der Waals surface area contributed by atoms with Crippen LogP contribution in [0, 0.1) is 0 Å². The Balaban J connectivity index is 1.62. The average molecular weight is 739 g/mol. The first kappa shape index (κ1) is 38.1. The molecule has 1 unspecified atom stereocenters. The first-order valence-electron chi connectivity index (χ1n) is 16.1. The predicted octanol–water partition coefficient (Wildman–Crippen LogP) is 5.60. The van der Waals surface area contributed by atoms with E-state index in [0.717, 1.165) is 4.90 Å². The van der Waals surface area contributed by atoms with Crippen molar-refractivity contribution in [3.8, 4) is 5.75 Å². The van der Waals surface area contributed by atoms with Crippen molar-refractivity contribution in [2.24, 2.45) is 5.73 Å². The molecule has 0 saturated carbocycles. The van der Waals surface area contributed by atoms with Crippen LogP contribution < -0.4 is 20.3 Å². The average Bonchev–Trinajstić information content (AvgIpc) is 3.09. The minimum Gasteiger partial charge on any atom is -0.497 e. The zero-order valence-corrected chi connectivity index (χ0v) is 28.3. The van der Waals surface area contributed by atoms with Gasteiger partial charge < -0.3 is 30.1 Å². The smallest absolute Gasteiger partial charge is 0.416 e. The van der Waals surface area contributed by atoms with E-state index in [1.165, 1.54) is 49.5 Å². The van der Waals surface area contributed by atoms with Gasteiger partial charge in [-0.05, 0) is 60.4 Å². The number of piperazine rings is 1. The van der Waals surface area contributed by atoms with E-state index in [1.807, 2.05) is 4.90 Å². The molecule has 2 aromatic carbocycles. The summed E-state index contributed by atoms with van der Waals surface area (Å²) in [5.41, 5.74) is 2.40. The summed E-state index contributed by atoms with van der Waals surface area (Å²) in [6, 6.07) is 5.66. The summed E-state index contributed by atoms with van der Waals surface area (Å²) >= 11 is 0. The number of nitrogens with two attached hydrogens (primary N) is 1. The van der Waals surface area contributed by atoms with Gasteiger partial charge in [-0.15, -0.1) is 0 Å². The Kier molecular flexibility index (Phi) is 10.6. The van der Waals surface area contributed by atoms with Gasteiger partial charge in [-0.3, -0.25) is 14.5 Å². The molecule has 18 heteroatoms. The van der Waals surface area contributed by atoms with Crippen molar-refractivity contribution in [3.63, 3.8) is 0 Å². The molecule has 5 rings (SSSR count).